The van der Waals surface area contributed by atoms with Gasteiger partial charge in [-0.3, -0.25) is 0 Å². The molecule has 1 aliphatic heterocycles. The summed E-state index contributed by atoms with van der Waals surface area (Å²) in [5.74, 6) is -0.203. The molecule has 1 aliphatic rings. The van der Waals surface area contributed by atoms with Crippen LogP contribution in [-0.4, -0.2) is 43.6 Å². The predicted molar refractivity (Wildman–Crippen MR) is 171 cm³/mol. The third kappa shape index (κ3) is 9.86. The van der Waals surface area contributed by atoms with Crippen LogP contribution in [0.3, 0.4) is 0 Å². The summed E-state index contributed by atoms with van der Waals surface area (Å²) in [5.41, 5.74) is 4.03. The van der Waals surface area contributed by atoms with Gasteiger partial charge in [0.05, 0.1) is 45.7 Å². The van der Waals surface area contributed by atoms with Gasteiger partial charge in [-0.15, -0.1) is 0 Å². The molecule has 1 fully saturated rings. The van der Waals surface area contributed by atoms with Gasteiger partial charge >= 0.3 is 5.97 Å². The second-order valence-electron chi connectivity index (χ2n) is 10.7. The minimum absolute atomic E-state index is 0.200. The molecule has 234 valence electrons. The number of carbonyl (C=O) groups excluding carboxylic acids is 1. The van der Waals surface area contributed by atoms with Crippen LogP contribution in [0.2, 0.25) is 0 Å². The lowest BCUT2D eigenvalue weighted by Gasteiger charge is -2.43. The van der Waals surface area contributed by atoms with Crippen LogP contribution in [0.25, 0.3) is 0 Å². The zero-order valence-corrected chi connectivity index (χ0v) is 25.5. The van der Waals surface area contributed by atoms with Gasteiger partial charge in [-0.25, -0.2) is 4.79 Å². The highest BCUT2D eigenvalue weighted by Crippen LogP contribution is 2.33. The summed E-state index contributed by atoms with van der Waals surface area (Å²) in [6.07, 6.45) is -1.24. The van der Waals surface area contributed by atoms with E-state index >= 15 is 0 Å². The van der Waals surface area contributed by atoms with Crippen molar-refractivity contribution in [2.45, 2.75) is 57.8 Å². The first-order valence-electron chi connectivity index (χ1n) is 15.3. The van der Waals surface area contributed by atoms with Crippen LogP contribution in [0, 0.1) is 0 Å². The van der Waals surface area contributed by atoms with Gasteiger partial charge < -0.3 is 28.4 Å². The van der Waals surface area contributed by atoms with Crippen molar-refractivity contribution < 1.29 is 33.2 Å². The van der Waals surface area contributed by atoms with Gasteiger partial charge in [-0.2, -0.15) is 0 Å². The maximum Gasteiger partial charge on any atom is 0.334 e. The molecule has 4 atom stereocenters. The highest BCUT2D eigenvalue weighted by Gasteiger charge is 2.47. The molecule has 0 saturated carbocycles. The Kier molecular flexibility index (Phi) is 12.3. The van der Waals surface area contributed by atoms with Crippen molar-refractivity contribution in [3.63, 3.8) is 0 Å². The van der Waals surface area contributed by atoms with Crippen LogP contribution in [0.5, 0.6) is 0 Å². The van der Waals surface area contributed by atoms with Gasteiger partial charge in [0.25, 0.3) is 0 Å². The Morgan fingerprint density at radius 2 is 1.07 bits per heavy atom. The van der Waals surface area contributed by atoms with Crippen molar-refractivity contribution in [3.8, 4) is 0 Å². The van der Waals surface area contributed by atoms with E-state index in [2.05, 4.69) is 0 Å². The second-order valence-corrected chi connectivity index (χ2v) is 10.7. The molecule has 0 spiro atoms. The van der Waals surface area contributed by atoms with Crippen molar-refractivity contribution >= 4 is 5.97 Å². The van der Waals surface area contributed by atoms with E-state index in [1.807, 2.05) is 121 Å². The fraction of sp³-hybridized carbons (Fsp3) is 0.289. The number of benzene rings is 4. The molecule has 0 aromatic heterocycles. The Balaban J connectivity index is 1.46. The van der Waals surface area contributed by atoms with E-state index in [-0.39, 0.29) is 19.8 Å². The molecule has 0 unspecified atom stereocenters. The summed E-state index contributed by atoms with van der Waals surface area (Å²) in [6, 6.07) is 39.7. The normalized spacial score (nSPS) is 20.4. The van der Waals surface area contributed by atoms with E-state index in [1.165, 1.54) is 6.08 Å². The van der Waals surface area contributed by atoms with Crippen molar-refractivity contribution in [1.82, 2.24) is 0 Å². The first kappa shape index (κ1) is 32.1. The lowest BCUT2D eigenvalue weighted by molar-refractivity contribution is -0.223. The molecular formula is C38H40O7. The quantitative estimate of drug-likeness (QED) is 0.109. The number of rotatable bonds is 15. The van der Waals surface area contributed by atoms with Crippen LogP contribution in [-0.2, 0) is 59.6 Å². The molecule has 45 heavy (non-hydrogen) atoms. The van der Waals surface area contributed by atoms with Crippen molar-refractivity contribution in [2.24, 2.45) is 0 Å². The van der Waals surface area contributed by atoms with E-state index in [0.717, 1.165) is 22.3 Å². The molecule has 0 N–H and O–H groups in total. The summed E-state index contributed by atoms with van der Waals surface area (Å²) in [6.45, 7) is 3.52. The molecule has 0 amide bonds. The minimum Gasteiger partial charge on any atom is -0.486 e. The van der Waals surface area contributed by atoms with E-state index in [4.69, 9.17) is 28.4 Å². The molecule has 7 nitrogen and oxygen atoms in total. The number of carbonyl (C=O) groups is 1. The average molecular weight is 609 g/mol. The predicted octanol–water partition coefficient (Wildman–Crippen LogP) is 6.81. The molecule has 4 aromatic carbocycles. The maximum absolute atomic E-state index is 12.8. The van der Waals surface area contributed by atoms with Crippen molar-refractivity contribution in [2.75, 3.05) is 13.2 Å². The number of hydrogen-bond acceptors (Lipinski definition) is 7. The number of esters is 1. The van der Waals surface area contributed by atoms with Gasteiger partial charge in [0.1, 0.15) is 24.1 Å². The summed E-state index contributed by atoms with van der Waals surface area (Å²) in [4.78, 5) is 12.8. The van der Waals surface area contributed by atoms with Crippen molar-refractivity contribution in [1.29, 1.82) is 0 Å². The molecule has 0 radical (unpaired) electrons. The molecular weight excluding hydrogens is 568 g/mol. The van der Waals surface area contributed by atoms with Crippen molar-refractivity contribution in [3.05, 3.63) is 155 Å². The lowest BCUT2D eigenvalue weighted by Crippen LogP contribution is -2.56. The fourth-order valence-corrected chi connectivity index (χ4v) is 5.12. The standard InChI is InChI=1S/C38H40O7/c1-2-41-35(39)23-33-36(42-25-30-17-9-4-10-18-30)38(44-27-32-21-13-6-14-22-32)37(43-26-31-19-11-5-12-20-31)34(45-33)28-40-24-29-15-7-3-8-16-29/h3-23,34,36-38H,2,24-28H2,1H3/b33-23-/t34-,36+,37+,38-/m1/s1. The Bertz CT molecular complexity index is 1440. The van der Waals surface area contributed by atoms with Crippen LogP contribution in [0.4, 0.5) is 0 Å². The molecule has 4 aromatic rings. The van der Waals surface area contributed by atoms with Crippen LogP contribution >= 0.6 is 0 Å². The van der Waals surface area contributed by atoms with Gasteiger partial charge in [0, 0.05) is 0 Å². The largest absolute Gasteiger partial charge is 0.486 e. The summed E-state index contributed by atoms with van der Waals surface area (Å²) in [5, 5.41) is 0. The fourth-order valence-electron chi connectivity index (χ4n) is 5.12. The van der Waals surface area contributed by atoms with E-state index < -0.39 is 30.4 Å². The van der Waals surface area contributed by atoms with Gasteiger partial charge in [-0.05, 0) is 29.2 Å². The third-order valence-corrected chi connectivity index (χ3v) is 7.34. The summed E-state index contributed by atoms with van der Waals surface area (Å²) < 4.78 is 37.8. The second kappa shape index (κ2) is 17.3. The first-order valence-corrected chi connectivity index (χ1v) is 15.3. The SMILES string of the molecule is CCOC(=O)/C=C1\O[C@H](COCc2ccccc2)[C@H](OCc2ccccc2)[C@H](OCc2ccccc2)[C@H]1OCc1ccccc1. The van der Waals surface area contributed by atoms with Crippen LogP contribution < -0.4 is 0 Å². The molecule has 0 bridgehead atoms. The lowest BCUT2D eigenvalue weighted by atomic mass is 9.96. The Morgan fingerprint density at radius 3 is 1.56 bits per heavy atom. The smallest absolute Gasteiger partial charge is 0.334 e. The maximum atomic E-state index is 12.8. The monoisotopic (exact) mass is 608 g/mol. The zero-order valence-electron chi connectivity index (χ0n) is 25.5. The van der Waals surface area contributed by atoms with E-state index in [1.54, 1.807) is 6.92 Å². The Morgan fingerprint density at radius 1 is 0.622 bits per heavy atom. The zero-order chi connectivity index (χ0) is 31.1. The van der Waals surface area contributed by atoms with E-state index in [9.17, 15) is 4.79 Å². The highest BCUT2D eigenvalue weighted by molar-refractivity contribution is 5.82. The van der Waals surface area contributed by atoms with Gasteiger partial charge in [0.15, 0.2) is 6.10 Å². The molecule has 1 heterocycles. The Labute approximate surface area is 265 Å². The van der Waals surface area contributed by atoms with E-state index in [0.29, 0.717) is 25.6 Å². The third-order valence-electron chi connectivity index (χ3n) is 7.34. The molecule has 1 saturated heterocycles. The van der Waals surface area contributed by atoms with Gasteiger partial charge in [-0.1, -0.05) is 121 Å². The molecule has 7 heteroatoms. The number of hydrogen-bond donors (Lipinski definition) is 0. The average Bonchev–Trinajstić information content (AvgIpc) is 3.08. The summed E-state index contributed by atoms with van der Waals surface area (Å²) >= 11 is 0. The topological polar surface area (TPSA) is 72.5 Å². The van der Waals surface area contributed by atoms with Crippen LogP contribution in [0.1, 0.15) is 29.2 Å². The summed E-state index contributed by atoms with van der Waals surface area (Å²) in [7, 11) is 0. The van der Waals surface area contributed by atoms with Crippen LogP contribution in [0.15, 0.2) is 133 Å². The minimum atomic E-state index is -0.760. The Hall–Kier alpha value is -4.27. The van der Waals surface area contributed by atoms with Gasteiger partial charge in [0.2, 0.25) is 0 Å². The molecule has 5 rings (SSSR count). The first-order chi connectivity index (χ1) is 22.2. The highest BCUT2D eigenvalue weighted by atomic mass is 16.6. The molecule has 0 aliphatic carbocycles. The number of ether oxygens (including phenoxy) is 6.